The summed E-state index contributed by atoms with van der Waals surface area (Å²) in [7, 11) is 2.55. The summed E-state index contributed by atoms with van der Waals surface area (Å²) in [5, 5.41) is 3.15. The summed E-state index contributed by atoms with van der Waals surface area (Å²) in [4.78, 5) is 11.7. The maximum absolute atomic E-state index is 14.0. The van der Waals surface area contributed by atoms with Crippen molar-refractivity contribution >= 4 is 5.97 Å². The van der Waals surface area contributed by atoms with E-state index < -0.39 is 11.8 Å². The number of benzene rings is 1. The van der Waals surface area contributed by atoms with Crippen LogP contribution in [-0.2, 0) is 9.47 Å². The van der Waals surface area contributed by atoms with E-state index in [1.165, 1.54) is 20.3 Å². The van der Waals surface area contributed by atoms with Gasteiger partial charge in [0.15, 0.2) is 11.6 Å². The first kappa shape index (κ1) is 13.8. The number of methoxy groups -OCH3 is 2. The largest absolute Gasteiger partial charge is 0.493 e. The summed E-state index contributed by atoms with van der Waals surface area (Å²) in [5.74, 6) is -1.35. The van der Waals surface area contributed by atoms with Crippen LogP contribution in [0.2, 0.25) is 0 Å². The zero-order valence-corrected chi connectivity index (χ0v) is 10.9. The standard InChI is InChI=1S/C13H16FNO4/c1-17-12-9(13(16)18-2)5-8(6-10(12)14)11-7-15-3-4-19-11/h5-6,11,15H,3-4,7H2,1-2H3. The van der Waals surface area contributed by atoms with Gasteiger partial charge in [0.2, 0.25) is 0 Å². The average molecular weight is 269 g/mol. The van der Waals surface area contributed by atoms with Crippen LogP contribution < -0.4 is 10.1 Å². The molecule has 0 amide bonds. The lowest BCUT2D eigenvalue weighted by molar-refractivity contribution is 0.0273. The van der Waals surface area contributed by atoms with Crippen LogP contribution >= 0.6 is 0 Å². The second-order valence-corrected chi connectivity index (χ2v) is 4.14. The van der Waals surface area contributed by atoms with Gasteiger partial charge >= 0.3 is 5.97 Å². The molecule has 104 valence electrons. The number of nitrogens with one attached hydrogen (secondary N) is 1. The van der Waals surface area contributed by atoms with Crippen molar-refractivity contribution in [2.45, 2.75) is 6.10 Å². The monoisotopic (exact) mass is 269 g/mol. The molecule has 1 saturated heterocycles. The quantitative estimate of drug-likeness (QED) is 0.838. The Balaban J connectivity index is 2.40. The second kappa shape index (κ2) is 5.99. The first-order valence-corrected chi connectivity index (χ1v) is 5.95. The molecular weight excluding hydrogens is 253 g/mol. The lowest BCUT2D eigenvalue weighted by Gasteiger charge is -2.24. The molecule has 1 aromatic carbocycles. The Morgan fingerprint density at radius 3 is 2.84 bits per heavy atom. The van der Waals surface area contributed by atoms with Crippen molar-refractivity contribution in [1.82, 2.24) is 5.32 Å². The number of carbonyl (C=O) groups is 1. The summed E-state index contributed by atoms with van der Waals surface area (Å²) in [6.45, 7) is 1.89. The Bertz CT molecular complexity index is 472. The minimum atomic E-state index is -0.638. The van der Waals surface area contributed by atoms with Crippen molar-refractivity contribution in [3.8, 4) is 5.75 Å². The summed E-state index contributed by atoms with van der Waals surface area (Å²) < 4.78 is 29.0. The van der Waals surface area contributed by atoms with Crippen LogP contribution in [0.15, 0.2) is 12.1 Å². The minimum absolute atomic E-state index is 0.0640. The normalized spacial score (nSPS) is 19.0. The highest BCUT2D eigenvalue weighted by atomic mass is 19.1. The van der Waals surface area contributed by atoms with E-state index in [0.717, 1.165) is 6.54 Å². The van der Waals surface area contributed by atoms with Gasteiger partial charge in [-0.05, 0) is 17.7 Å². The number of rotatable bonds is 3. The summed E-state index contributed by atoms with van der Waals surface area (Å²) >= 11 is 0. The van der Waals surface area contributed by atoms with Crippen molar-refractivity contribution < 1.29 is 23.4 Å². The van der Waals surface area contributed by atoms with E-state index in [-0.39, 0.29) is 17.4 Å². The molecule has 1 heterocycles. The molecule has 1 atom stereocenters. The van der Waals surface area contributed by atoms with Crippen LogP contribution in [0.5, 0.6) is 5.75 Å². The summed E-state index contributed by atoms with van der Waals surface area (Å²) in [6, 6.07) is 2.87. The fraction of sp³-hybridized carbons (Fsp3) is 0.462. The topological polar surface area (TPSA) is 56.8 Å². The molecule has 0 bridgehead atoms. The van der Waals surface area contributed by atoms with Gasteiger partial charge in [0.05, 0.1) is 26.9 Å². The predicted octanol–water partition coefficient (Wildman–Crippen LogP) is 1.28. The van der Waals surface area contributed by atoms with Gasteiger partial charge in [0, 0.05) is 13.1 Å². The van der Waals surface area contributed by atoms with E-state index in [9.17, 15) is 9.18 Å². The molecular formula is C13H16FNO4. The fourth-order valence-electron chi connectivity index (χ4n) is 2.05. The van der Waals surface area contributed by atoms with Gasteiger partial charge in [-0.3, -0.25) is 0 Å². The molecule has 1 aromatic rings. The molecule has 1 aliphatic heterocycles. The predicted molar refractivity (Wildman–Crippen MR) is 65.9 cm³/mol. The molecule has 0 aromatic heterocycles. The van der Waals surface area contributed by atoms with Crippen LogP contribution in [0, 0.1) is 5.82 Å². The van der Waals surface area contributed by atoms with Gasteiger partial charge in [-0.25, -0.2) is 9.18 Å². The Hall–Kier alpha value is -1.66. The number of esters is 1. The Morgan fingerprint density at radius 1 is 1.47 bits per heavy atom. The molecule has 6 heteroatoms. The average Bonchev–Trinajstić information content (AvgIpc) is 2.46. The van der Waals surface area contributed by atoms with Gasteiger partial charge in [-0.15, -0.1) is 0 Å². The van der Waals surface area contributed by atoms with Crippen LogP contribution in [0.4, 0.5) is 4.39 Å². The van der Waals surface area contributed by atoms with E-state index >= 15 is 0 Å². The maximum atomic E-state index is 14.0. The highest BCUT2D eigenvalue weighted by molar-refractivity contribution is 5.92. The Labute approximate surface area is 110 Å². The van der Waals surface area contributed by atoms with Crippen molar-refractivity contribution in [1.29, 1.82) is 0 Å². The fourth-order valence-corrected chi connectivity index (χ4v) is 2.05. The number of ether oxygens (including phenoxy) is 3. The lowest BCUT2D eigenvalue weighted by Crippen LogP contribution is -2.33. The number of hydrogen-bond acceptors (Lipinski definition) is 5. The van der Waals surface area contributed by atoms with Gasteiger partial charge in [0.25, 0.3) is 0 Å². The summed E-state index contributed by atoms with van der Waals surface area (Å²) in [6.07, 6.45) is -0.280. The zero-order chi connectivity index (χ0) is 13.8. The third-order valence-electron chi connectivity index (χ3n) is 2.97. The first-order valence-electron chi connectivity index (χ1n) is 5.95. The Morgan fingerprint density at radius 2 is 2.26 bits per heavy atom. The maximum Gasteiger partial charge on any atom is 0.341 e. The van der Waals surface area contributed by atoms with Crippen LogP contribution in [0.25, 0.3) is 0 Å². The van der Waals surface area contributed by atoms with Gasteiger partial charge in [0.1, 0.15) is 5.56 Å². The van der Waals surface area contributed by atoms with Crippen molar-refractivity contribution in [3.05, 3.63) is 29.1 Å². The molecule has 1 N–H and O–H groups in total. The molecule has 0 saturated carbocycles. The number of morpholine rings is 1. The molecule has 0 radical (unpaired) electrons. The molecule has 0 spiro atoms. The number of carbonyl (C=O) groups excluding carboxylic acids is 1. The van der Waals surface area contributed by atoms with Crippen molar-refractivity contribution in [3.63, 3.8) is 0 Å². The molecule has 2 rings (SSSR count). The highest BCUT2D eigenvalue weighted by Gasteiger charge is 2.23. The lowest BCUT2D eigenvalue weighted by atomic mass is 10.0. The summed E-state index contributed by atoms with van der Waals surface area (Å²) in [5.41, 5.74) is 0.653. The first-order chi connectivity index (χ1) is 9.17. The van der Waals surface area contributed by atoms with Crippen LogP contribution in [-0.4, -0.2) is 39.9 Å². The molecule has 5 nitrogen and oxygen atoms in total. The van der Waals surface area contributed by atoms with Gasteiger partial charge in [-0.2, -0.15) is 0 Å². The third kappa shape index (κ3) is 2.85. The van der Waals surface area contributed by atoms with Crippen LogP contribution in [0.3, 0.4) is 0 Å². The minimum Gasteiger partial charge on any atom is -0.493 e. The van der Waals surface area contributed by atoms with Crippen LogP contribution in [0.1, 0.15) is 22.0 Å². The molecule has 0 aliphatic carbocycles. The molecule has 1 aliphatic rings. The highest BCUT2D eigenvalue weighted by Crippen LogP contribution is 2.29. The van der Waals surface area contributed by atoms with E-state index in [1.807, 2.05) is 0 Å². The second-order valence-electron chi connectivity index (χ2n) is 4.14. The smallest absolute Gasteiger partial charge is 0.341 e. The number of hydrogen-bond donors (Lipinski definition) is 1. The van der Waals surface area contributed by atoms with E-state index in [2.05, 4.69) is 10.1 Å². The van der Waals surface area contributed by atoms with E-state index in [4.69, 9.17) is 9.47 Å². The molecule has 1 fully saturated rings. The van der Waals surface area contributed by atoms with Crippen molar-refractivity contribution in [2.24, 2.45) is 0 Å². The van der Waals surface area contributed by atoms with Crippen molar-refractivity contribution in [2.75, 3.05) is 33.9 Å². The molecule has 19 heavy (non-hydrogen) atoms. The Kier molecular flexibility index (Phi) is 4.34. The SMILES string of the molecule is COC(=O)c1cc(C2CNCCO2)cc(F)c1OC. The van der Waals surface area contributed by atoms with E-state index in [1.54, 1.807) is 6.07 Å². The van der Waals surface area contributed by atoms with Gasteiger partial charge < -0.3 is 19.5 Å². The van der Waals surface area contributed by atoms with Gasteiger partial charge in [-0.1, -0.05) is 0 Å². The molecule has 1 unspecified atom stereocenters. The third-order valence-corrected chi connectivity index (χ3v) is 2.97. The number of halogens is 1. The zero-order valence-electron chi connectivity index (χ0n) is 10.9. The van der Waals surface area contributed by atoms with E-state index in [0.29, 0.717) is 18.7 Å².